The molecule has 0 amide bonds. The van der Waals surface area contributed by atoms with Crippen molar-refractivity contribution in [2.24, 2.45) is 0 Å². The van der Waals surface area contributed by atoms with E-state index in [1.165, 1.54) is 0 Å². The standard InChI is InChI=1S/C22H28O4/c1-17-22(3,23)20(25-15-19-12-8-5-9-13-19)21(2,26-17)16-24-14-18-10-6-4-7-11-18/h4-13,17,20,23H,14-16H2,1-3H3/t17-,20-,21+,22-/m1/s1. The zero-order valence-corrected chi connectivity index (χ0v) is 15.7. The SMILES string of the molecule is C[C@H]1O[C@@](C)(COCc2ccccc2)[C@@H](OCc2ccccc2)[C@]1(C)O. The first kappa shape index (κ1) is 19.1. The van der Waals surface area contributed by atoms with E-state index in [2.05, 4.69) is 0 Å². The fourth-order valence-corrected chi connectivity index (χ4v) is 3.57. The Kier molecular flexibility index (Phi) is 5.78. The second kappa shape index (κ2) is 7.89. The van der Waals surface area contributed by atoms with Gasteiger partial charge in [0, 0.05) is 0 Å². The topological polar surface area (TPSA) is 47.9 Å². The van der Waals surface area contributed by atoms with E-state index in [0.717, 1.165) is 11.1 Å². The van der Waals surface area contributed by atoms with Gasteiger partial charge in [-0.1, -0.05) is 60.7 Å². The van der Waals surface area contributed by atoms with Crippen LogP contribution in [0.25, 0.3) is 0 Å². The van der Waals surface area contributed by atoms with E-state index >= 15 is 0 Å². The first-order valence-electron chi connectivity index (χ1n) is 9.09. The average molecular weight is 356 g/mol. The summed E-state index contributed by atoms with van der Waals surface area (Å²) in [4.78, 5) is 0. The summed E-state index contributed by atoms with van der Waals surface area (Å²) in [6.07, 6.45) is -0.824. The lowest BCUT2D eigenvalue weighted by Crippen LogP contribution is -2.51. The highest BCUT2D eigenvalue weighted by Gasteiger charge is 2.58. The molecule has 1 saturated heterocycles. The van der Waals surface area contributed by atoms with Gasteiger partial charge in [-0.15, -0.1) is 0 Å². The van der Waals surface area contributed by atoms with E-state index in [4.69, 9.17) is 14.2 Å². The van der Waals surface area contributed by atoms with Gasteiger partial charge in [0.2, 0.25) is 0 Å². The van der Waals surface area contributed by atoms with Crippen molar-refractivity contribution in [2.45, 2.75) is 57.4 Å². The smallest absolute Gasteiger partial charge is 0.120 e. The molecule has 0 radical (unpaired) electrons. The van der Waals surface area contributed by atoms with E-state index < -0.39 is 17.3 Å². The van der Waals surface area contributed by atoms with Gasteiger partial charge in [0.1, 0.15) is 17.3 Å². The first-order valence-corrected chi connectivity index (χ1v) is 9.09. The molecule has 0 unspecified atom stereocenters. The van der Waals surface area contributed by atoms with Crippen molar-refractivity contribution >= 4 is 0 Å². The lowest BCUT2D eigenvalue weighted by Gasteiger charge is -2.34. The third-order valence-electron chi connectivity index (χ3n) is 5.11. The van der Waals surface area contributed by atoms with Crippen molar-refractivity contribution in [3.8, 4) is 0 Å². The van der Waals surface area contributed by atoms with Gasteiger partial charge < -0.3 is 19.3 Å². The molecule has 0 saturated carbocycles. The minimum atomic E-state index is -1.08. The van der Waals surface area contributed by atoms with Crippen molar-refractivity contribution in [3.05, 3.63) is 71.8 Å². The molecule has 1 fully saturated rings. The van der Waals surface area contributed by atoms with Crippen LogP contribution in [0.1, 0.15) is 31.9 Å². The van der Waals surface area contributed by atoms with Gasteiger partial charge in [-0.3, -0.25) is 0 Å². The van der Waals surface area contributed by atoms with E-state index in [1.54, 1.807) is 6.92 Å². The van der Waals surface area contributed by atoms with Crippen molar-refractivity contribution in [1.29, 1.82) is 0 Å². The lowest BCUT2D eigenvalue weighted by atomic mass is 9.87. The normalized spacial score (nSPS) is 31.2. The molecule has 0 spiro atoms. The molecule has 4 atom stereocenters. The van der Waals surface area contributed by atoms with Gasteiger partial charge in [0.25, 0.3) is 0 Å². The third-order valence-corrected chi connectivity index (χ3v) is 5.11. The molecule has 0 aromatic heterocycles. The Morgan fingerprint density at radius 3 is 2.04 bits per heavy atom. The minimum Gasteiger partial charge on any atom is -0.385 e. The van der Waals surface area contributed by atoms with Crippen LogP contribution in [0.5, 0.6) is 0 Å². The zero-order valence-electron chi connectivity index (χ0n) is 15.7. The Balaban J connectivity index is 1.66. The van der Waals surface area contributed by atoms with Crippen molar-refractivity contribution in [2.75, 3.05) is 6.61 Å². The minimum absolute atomic E-state index is 0.339. The number of ether oxygens (including phenoxy) is 3. The summed E-state index contributed by atoms with van der Waals surface area (Å²) in [5.74, 6) is 0. The molecule has 3 rings (SSSR count). The first-order chi connectivity index (χ1) is 12.4. The summed E-state index contributed by atoms with van der Waals surface area (Å²) in [6, 6.07) is 20.0. The van der Waals surface area contributed by atoms with Crippen LogP contribution in [0.2, 0.25) is 0 Å². The third kappa shape index (κ3) is 4.15. The van der Waals surface area contributed by atoms with Crippen LogP contribution in [0, 0.1) is 0 Å². The van der Waals surface area contributed by atoms with Crippen LogP contribution in [-0.4, -0.2) is 35.1 Å². The molecule has 2 aromatic rings. The van der Waals surface area contributed by atoms with Crippen LogP contribution in [0.15, 0.2) is 60.7 Å². The van der Waals surface area contributed by atoms with Gasteiger partial charge in [-0.25, -0.2) is 0 Å². The highest BCUT2D eigenvalue weighted by atomic mass is 16.6. The summed E-state index contributed by atoms with van der Waals surface area (Å²) in [7, 11) is 0. The van der Waals surface area contributed by atoms with Crippen LogP contribution >= 0.6 is 0 Å². The van der Waals surface area contributed by atoms with Gasteiger partial charge in [0.15, 0.2) is 0 Å². The molecule has 4 heteroatoms. The molecule has 1 heterocycles. The Morgan fingerprint density at radius 2 is 1.46 bits per heavy atom. The van der Waals surface area contributed by atoms with E-state index in [9.17, 15) is 5.11 Å². The molecule has 1 aliphatic heterocycles. The van der Waals surface area contributed by atoms with E-state index in [1.807, 2.05) is 74.5 Å². The van der Waals surface area contributed by atoms with Crippen LogP contribution in [0.3, 0.4) is 0 Å². The lowest BCUT2D eigenvalue weighted by molar-refractivity contribution is -0.143. The molecule has 2 aromatic carbocycles. The molecule has 4 nitrogen and oxygen atoms in total. The second-order valence-electron chi connectivity index (χ2n) is 7.45. The van der Waals surface area contributed by atoms with Crippen molar-refractivity contribution in [1.82, 2.24) is 0 Å². The Bertz CT molecular complexity index is 686. The molecular formula is C22H28O4. The molecule has 0 aliphatic carbocycles. The Hall–Kier alpha value is -1.72. The quantitative estimate of drug-likeness (QED) is 0.821. The predicted octanol–water partition coefficient (Wildman–Crippen LogP) is 3.72. The predicted molar refractivity (Wildman–Crippen MR) is 101 cm³/mol. The number of aliphatic hydroxyl groups is 1. The number of hydrogen-bond donors (Lipinski definition) is 1. The maximum atomic E-state index is 10.9. The summed E-state index contributed by atoms with van der Waals surface area (Å²) < 4.78 is 18.2. The molecule has 1 N–H and O–H groups in total. The van der Waals surface area contributed by atoms with E-state index in [-0.39, 0.29) is 6.10 Å². The zero-order chi connectivity index (χ0) is 18.6. The van der Waals surface area contributed by atoms with Gasteiger partial charge in [-0.05, 0) is 31.9 Å². The monoisotopic (exact) mass is 356 g/mol. The Labute approximate surface area is 155 Å². The van der Waals surface area contributed by atoms with Crippen LogP contribution in [0.4, 0.5) is 0 Å². The Morgan fingerprint density at radius 1 is 0.923 bits per heavy atom. The maximum Gasteiger partial charge on any atom is 0.120 e. The largest absolute Gasteiger partial charge is 0.385 e. The fourth-order valence-electron chi connectivity index (χ4n) is 3.57. The van der Waals surface area contributed by atoms with Crippen LogP contribution in [-0.2, 0) is 27.4 Å². The molecule has 140 valence electrons. The summed E-state index contributed by atoms with van der Waals surface area (Å²) in [6.45, 7) is 6.87. The summed E-state index contributed by atoms with van der Waals surface area (Å²) >= 11 is 0. The average Bonchev–Trinajstić information content (AvgIpc) is 2.80. The molecule has 0 bridgehead atoms. The van der Waals surface area contributed by atoms with Gasteiger partial charge in [-0.2, -0.15) is 0 Å². The highest BCUT2D eigenvalue weighted by molar-refractivity contribution is 5.15. The summed E-state index contributed by atoms with van der Waals surface area (Å²) in [5.41, 5.74) is 0.373. The number of rotatable bonds is 7. The summed E-state index contributed by atoms with van der Waals surface area (Å²) in [5, 5.41) is 10.9. The second-order valence-corrected chi connectivity index (χ2v) is 7.45. The van der Waals surface area contributed by atoms with Gasteiger partial charge in [0.05, 0.1) is 25.9 Å². The molecule has 26 heavy (non-hydrogen) atoms. The van der Waals surface area contributed by atoms with Crippen molar-refractivity contribution < 1.29 is 19.3 Å². The van der Waals surface area contributed by atoms with Crippen molar-refractivity contribution in [3.63, 3.8) is 0 Å². The van der Waals surface area contributed by atoms with E-state index in [0.29, 0.717) is 19.8 Å². The number of benzene rings is 2. The van der Waals surface area contributed by atoms with Crippen LogP contribution < -0.4 is 0 Å². The maximum absolute atomic E-state index is 10.9. The van der Waals surface area contributed by atoms with Gasteiger partial charge >= 0.3 is 0 Å². The number of hydrogen-bond acceptors (Lipinski definition) is 4. The molecule has 1 aliphatic rings. The highest BCUT2D eigenvalue weighted by Crippen LogP contribution is 2.41. The fraction of sp³-hybridized carbons (Fsp3) is 0.455. The molecular weight excluding hydrogens is 328 g/mol.